The summed E-state index contributed by atoms with van der Waals surface area (Å²) < 4.78 is 35.3. The van der Waals surface area contributed by atoms with Crippen molar-refractivity contribution in [2.45, 2.75) is 10.8 Å². The summed E-state index contributed by atoms with van der Waals surface area (Å²) in [6.07, 6.45) is 0. The second kappa shape index (κ2) is 10.8. The molecule has 0 saturated carbocycles. The summed E-state index contributed by atoms with van der Waals surface area (Å²) in [7, 11) is -4.21. The Morgan fingerprint density at radius 3 is 1.93 bits per heavy atom. The van der Waals surface area contributed by atoms with Crippen LogP contribution in [-0.4, -0.2) is 28.5 Å². The van der Waals surface area contributed by atoms with Gasteiger partial charge in [0.2, 0.25) is 0 Å². The van der Waals surface area contributed by atoms with E-state index < -0.39 is 14.9 Å². The highest BCUT2D eigenvalue weighted by Crippen LogP contribution is 2.47. The molecule has 1 aliphatic rings. The first-order valence-electron chi connectivity index (χ1n) is 13.6. The van der Waals surface area contributed by atoms with Crippen molar-refractivity contribution < 1.29 is 23.3 Å². The molecule has 6 aromatic rings. The Morgan fingerprint density at radius 1 is 0.705 bits per heavy atom. The molecule has 3 N–H and O–H groups in total. The van der Waals surface area contributed by atoms with Gasteiger partial charge in [0.25, 0.3) is 14.9 Å². The monoisotopic (exact) mass is 602 g/mol. The zero-order valence-corrected chi connectivity index (χ0v) is 23.8. The highest BCUT2D eigenvalue weighted by atomic mass is 32.2. The van der Waals surface area contributed by atoms with Gasteiger partial charge < -0.3 is 10.1 Å². The Labute approximate surface area is 252 Å². The number of nitrogens with one attached hydrogen (secondary N) is 2. The summed E-state index contributed by atoms with van der Waals surface area (Å²) in [6, 6.07) is 35.9. The molecular weight excluding hydrogens is 578 g/mol. The first-order valence-corrected chi connectivity index (χ1v) is 15.1. The minimum Gasteiger partial charge on any atom is -0.457 e. The van der Waals surface area contributed by atoms with Crippen LogP contribution in [0.3, 0.4) is 0 Å². The Bertz CT molecular complexity index is 2130. The molecule has 44 heavy (non-hydrogen) atoms. The maximum Gasteiger partial charge on any atom is 0.317 e. The van der Waals surface area contributed by atoms with Crippen LogP contribution in [0, 0.1) is 4.91 Å². The fraction of sp³-hybridized carbons (Fsp3) is 0.0303. The lowest BCUT2D eigenvalue weighted by atomic mass is 9.82. The normalized spacial score (nSPS) is 12.5. The van der Waals surface area contributed by atoms with Crippen molar-refractivity contribution in [1.29, 1.82) is 0 Å². The van der Waals surface area contributed by atoms with Crippen LogP contribution in [0.15, 0.2) is 126 Å². The van der Waals surface area contributed by atoms with E-state index in [2.05, 4.69) is 32.1 Å². The molecule has 0 atom stereocenters. The number of benzene rings is 5. The molecule has 11 heteroatoms. The van der Waals surface area contributed by atoms with Gasteiger partial charge in [-0.1, -0.05) is 66.7 Å². The quantitative estimate of drug-likeness (QED) is 0.162. The predicted octanol–water partition coefficient (Wildman–Crippen LogP) is 7.26. The van der Waals surface area contributed by atoms with Crippen LogP contribution in [0.4, 0.5) is 23.0 Å². The standard InChI is InChI=1S/C33H24N5O5S/c39-38(40)23-8-7-9-24(20-23)44(41,42)37-33-32(35-27-12-3-4-13-28(27)36-33)34-22-18-16-21(17-19-22)31-25-10-1-5-14-29(25)43-30-15-6-2-11-26(30)31/h1-20,31H,(H,34,35)(H,36,37)(H,39,40)/q+1. The molecule has 0 spiro atoms. The van der Waals surface area contributed by atoms with Crippen LogP contribution in [0.2, 0.25) is 0 Å². The lowest BCUT2D eigenvalue weighted by Gasteiger charge is -2.28. The topological polar surface area (TPSA) is 134 Å². The first-order chi connectivity index (χ1) is 21.4. The smallest absolute Gasteiger partial charge is 0.317 e. The van der Waals surface area contributed by atoms with Crippen molar-refractivity contribution in [3.05, 3.63) is 143 Å². The van der Waals surface area contributed by atoms with E-state index in [4.69, 9.17) is 4.74 Å². The van der Waals surface area contributed by atoms with Crippen LogP contribution in [0.25, 0.3) is 11.0 Å². The van der Waals surface area contributed by atoms with E-state index in [0.29, 0.717) is 16.7 Å². The van der Waals surface area contributed by atoms with Crippen molar-refractivity contribution >= 4 is 44.1 Å². The highest BCUT2D eigenvalue weighted by Gasteiger charge is 2.28. The molecule has 0 radical (unpaired) electrons. The zero-order valence-electron chi connectivity index (χ0n) is 23.0. The minimum absolute atomic E-state index is 0.0339. The van der Waals surface area contributed by atoms with Crippen molar-refractivity contribution in [2.24, 2.45) is 0 Å². The Balaban J connectivity index is 1.23. The number of para-hydroxylation sites is 4. The Morgan fingerprint density at radius 2 is 1.30 bits per heavy atom. The Kier molecular flexibility index (Phi) is 6.63. The van der Waals surface area contributed by atoms with Crippen LogP contribution in [0.5, 0.6) is 11.5 Å². The minimum atomic E-state index is -4.21. The predicted molar refractivity (Wildman–Crippen MR) is 165 cm³/mol. The van der Waals surface area contributed by atoms with Crippen molar-refractivity contribution in [3.63, 3.8) is 0 Å². The summed E-state index contributed by atoms with van der Waals surface area (Å²) in [5.41, 5.74) is 4.67. The van der Waals surface area contributed by atoms with E-state index in [0.717, 1.165) is 34.3 Å². The van der Waals surface area contributed by atoms with Gasteiger partial charge in [-0.15, -0.1) is 0 Å². The largest absolute Gasteiger partial charge is 0.457 e. The maximum absolute atomic E-state index is 13.3. The molecule has 10 nitrogen and oxygen atoms in total. The fourth-order valence-corrected chi connectivity index (χ4v) is 6.33. The van der Waals surface area contributed by atoms with Gasteiger partial charge in [0.05, 0.1) is 20.8 Å². The second-order valence-corrected chi connectivity index (χ2v) is 11.8. The molecule has 5 aromatic carbocycles. The number of hydrogen-bond acceptors (Lipinski definition) is 7. The van der Waals surface area contributed by atoms with Gasteiger partial charge in [-0.3, -0.25) is 4.72 Å². The average Bonchev–Trinajstić information content (AvgIpc) is 3.04. The van der Waals surface area contributed by atoms with Crippen LogP contribution >= 0.6 is 0 Å². The summed E-state index contributed by atoms with van der Waals surface area (Å²) in [5, 5.41) is 12.5. The molecule has 0 aliphatic carbocycles. The summed E-state index contributed by atoms with van der Waals surface area (Å²) in [5.74, 6) is 1.75. The number of anilines is 3. The lowest BCUT2D eigenvalue weighted by Crippen LogP contribution is -2.16. The fourth-order valence-electron chi connectivity index (χ4n) is 5.28. The van der Waals surface area contributed by atoms with Gasteiger partial charge in [-0.25, -0.2) is 23.6 Å². The molecule has 216 valence electrons. The van der Waals surface area contributed by atoms with Gasteiger partial charge in [0.1, 0.15) is 11.5 Å². The van der Waals surface area contributed by atoms with E-state index in [1.807, 2.05) is 66.7 Å². The van der Waals surface area contributed by atoms with E-state index in [1.54, 1.807) is 18.2 Å². The van der Waals surface area contributed by atoms with E-state index in [1.165, 1.54) is 18.2 Å². The number of hydrogen-bond donors (Lipinski definition) is 3. The highest BCUT2D eigenvalue weighted by molar-refractivity contribution is 7.92. The molecule has 0 saturated heterocycles. The lowest BCUT2D eigenvalue weighted by molar-refractivity contribution is -0.729. The molecule has 0 fully saturated rings. The molecule has 2 heterocycles. The second-order valence-electron chi connectivity index (χ2n) is 10.1. The molecular formula is C33H24N5O5S+. The number of nitrogens with zero attached hydrogens (tertiary/aromatic N) is 3. The first kappa shape index (κ1) is 27.0. The number of fused-ring (bicyclic) bond motifs is 3. The van der Waals surface area contributed by atoms with E-state index >= 15 is 0 Å². The summed E-state index contributed by atoms with van der Waals surface area (Å²) in [4.78, 5) is 19.9. The van der Waals surface area contributed by atoms with Crippen molar-refractivity contribution in [2.75, 3.05) is 10.0 Å². The van der Waals surface area contributed by atoms with Gasteiger partial charge in [-0.2, -0.15) is 0 Å². The third kappa shape index (κ3) is 5.05. The van der Waals surface area contributed by atoms with E-state index in [-0.39, 0.29) is 28.1 Å². The van der Waals surface area contributed by atoms with Crippen LogP contribution in [0.1, 0.15) is 22.6 Å². The van der Waals surface area contributed by atoms with Crippen LogP contribution < -0.4 is 14.8 Å². The van der Waals surface area contributed by atoms with Gasteiger partial charge >= 0.3 is 5.69 Å². The third-order valence-corrected chi connectivity index (χ3v) is 8.67. The molecule has 1 aliphatic heterocycles. The number of aromatic nitrogens is 2. The molecule has 0 amide bonds. The average molecular weight is 603 g/mol. The molecule has 0 bridgehead atoms. The molecule has 1 aromatic heterocycles. The number of ether oxygens (including phenoxy) is 1. The summed E-state index contributed by atoms with van der Waals surface area (Å²) >= 11 is 0. The van der Waals surface area contributed by atoms with Crippen molar-refractivity contribution in [1.82, 2.24) is 9.97 Å². The number of rotatable bonds is 7. The third-order valence-electron chi connectivity index (χ3n) is 7.34. The molecule has 7 rings (SSSR count). The number of sulfonamides is 1. The van der Waals surface area contributed by atoms with Gasteiger partial charge in [0, 0.05) is 34.9 Å². The van der Waals surface area contributed by atoms with Gasteiger partial charge in [-0.05, 0) is 48.0 Å². The zero-order chi connectivity index (χ0) is 30.3. The van der Waals surface area contributed by atoms with Crippen molar-refractivity contribution in [3.8, 4) is 11.5 Å². The summed E-state index contributed by atoms with van der Waals surface area (Å²) in [6.45, 7) is 0. The molecule has 0 unspecified atom stereocenters. The van der Waals surface area contributed by atoms with Gasteiger partial charge in [0.15, 0.2) is 11.6 Å². The Hall–Kier alpha value is -5.81. The SMILES string of the molecule is O=[N+](O)c1cccc(S(=O)(=O)Nc2nc3ccccc3nc2Nc2ccc(C3c4ccccc4Oc4ccccc43)cc2)c1. The van der Waals surface area contributed by atoms with E-state index in [9.17, 15) is 18.5 Å². The van der Waals surface area contributed by atoms with Crippen LogP contribution in [-0.2, 0) is 10.0 Å². The maximum atomic E-state index is 13.3.